The van der Waals surface area contributed by atoms with Crippen molar-refractivity contribution in [2.75, 3.05) is 26.9 Å². The van der Waals surface area contributed by atoms with Gasteiger partial charge in [0.05, 0.1) is 17.6 Å². The number of imidazole rings is 1. The Balaban J connectivity index is 1.37. The molecule has 0 saturated heterocycles. The Morgan fingerprint density at radius 2 is 1.81 bits per heavy atom. The highest BCUT2D eigenvalue weighted by Crippen LogP contribution is 2.25. The van der Waals surface area contributed by atoms with Gasteiger partial charge in [0.15, 0.2) is 0 Å². The van der Waals surface area contributed by atoms with Crippen LogP contribution in [0.25, 0.3) is 21.8 Å². The van der Waals surface area contributed by atoms with Gasteiger partial charge in [-0.15, -0.1) is 0 Å². The Kier molecular flexibility index (Phi) is 7.35. The zero-order valence-corrected chi connectivity index (χ0v) is 18.4. The molecule has 32 heavy (non-hydrogen) atoms. The van der Waals surface area contributed by atoms with Gasteiger partial charge in [-0.2, -0.15) is 0 Å². The van der Waals surface area contributed by atoms with Gasteiger partial charge in [-0.1, -0.05) is 48.5 Å². The van der Waals surface area contributed by atoms with Gasteiger partial charge >= 0.3 is 0 Å². The average Bonchev–Trinajstić information content (AvgIpc) is 3.17. The lowest BCUT2D eigenvalue weighted by Crippen LogP contribution is -2.28. The van der Waals surface area contributed by atoms with Crippen LogP contribution in [0, 0.1) is 0 Å². The number of carbonyl (C=O) groups is 1. The summed E-state index contributed by atoms with van der Waals surface area (Å²) in [6, 6.07) is 22.6. The monoisotopic (exact) mass is 431 g/mol. The Hall–Kier alpha value is -3.38. The SMILES string of the molecule is COCC(=O)NCCCc1nc2ccccc2n1CCCOc1cccc2ccccc12. The molecular weight excluding hydrogens is 402 g/mol. The van der Waals surface area contributed by atoms with Crippen molar-refractivity contribution in [3.8, 4) is 5.75 Å². The molecule has 4 rings (SSSR count). The lowest BCUT2D eigenvalue weighted by atomic mass is 10.1. The molecule has 1 amide bonds. The fourth-order valence-electron chi connectivity index (χ4n) is 3.95. The number of carbonyl (C=O) groups excluding carboxylic acids is 1. The Morgan fingerprint density at radius 1 is 1.00 bits per heavy atom. The number of nitrogens with zero attached hydrogens (tertiary/aromatic N) is 2. The molecule has 4 aromatic rings. The van der Waals surface area contributed by atoms with E-state index in [-0.39, 0.29) is 12.5 Å². The van der Waals surface area contributed by atoms with Gasteiger partial charge in [0.1, 0.15) is 18.2 Å². The summed E-state index contributed by atoms with van der Waals surface area (Å²) >= 11 is 0. The first-order valence-electron chi connectivity index (χ1n) is 11.1. The molecule has 0 atom stereocenters. The Bertz CT molecular complexity index is 1180. The number of aryl methyl sites for hydroxylation is 2. The molecule has 1 N–H and O–H groups in total. The van der Waals surface area contributed by atoms with Crippen molar-refractivity contribution in [2.24, 2.45) is 0 Å². The zero-order valence-electron chi connectivity index (χ0n) is 18.4. The van der Waals surface area contributed by atoms with Gasteiger partial charge in [0.2, 0.25) is 5.91 Å². The van der Waals surface area contributed by atoms with Crippen molar-refractivity contribution >= 4 is 27.7 Å². The minimum absolute atomic E-state index is 0.0911. The van der Waals surface area contributed by atoms with Crippen LogP contribution in [-0.4, -0.2) is 42.3 Å². The molecule has 3 aromatic carbocycles. The summed E-state index contributed by atoms with van der Waals surface area (Å²) in [6.07, 6.45) is 2.50. The van der Waals surface area contributed by atoms with E-state index in [1.165, 1.54) is 12.5 Å². The lowest BCUT2D eigenvalue weighted by molar-refractivity contribution is -0.124. The number of fused-ring (bicyclic) bond motifs is 2. The maximum atomic E-state index is 11.6. The third-order valence-electron chi connectivity index (χ3n) is 5.44. The average molecular weight is 432 g/mol. The van der Waals surface area contributed by atoms with Crippen LogP contribution in [0.4, 0.5) is 0 Å². The second kappa shape index (κ2) is 10.8. The highest BCUT2D eigenvalue weighted by molar-refractivity contribution is 5.88. The summed E-state index contributed by atoms with van der Waals surface area (Å²) in [7, 11) is 1.52. The van der Waals surface area contributed by atoms with E-state index >= 15 is 0 Å². The first-order valence-corrected chi connectivity index (χ1v) is 11.1. The fraction of sp³-hybridized carbons (Fsp3) is 0.308. The molecule has 166 valence electrons. The molecule has 0 saturated carbocycles. The van der Waals surface area contributed by atoms with E-state index < -0.39 is 0 Å². The van der Waals surface area contributed by atoms with Crippen LogP contribution in [0.15, 0.2) is 66.7 Å². The minimum atomic E-state index is -0.0911. The van der Waals surface area contributed by atoms with Crippen LogP contribution in [0.2, 0.25) is 0 Å². The molecule has 1 aromatic heterocycles. The number of methoxy groups -OCH3 is 1. The molecule has 1 heterocycles. The van der Waals surface area contributed by atoms with Crippen molar-refractivity contribution < 1.29 is 14.3 Å². The normalized spacial score (nSPS) is 11.2. The Labute approximate surface area is 188 Å². The topological polar surface area (TPSA) is 65.4 Å². The quantitative estimate of drug-likeness (QED) is 0.359. The zero-order chi connectivity index (χ0) is 22.2. The maximum Gasteiger partial charge on any atom is 0.245 e. The predicted octanol–water partition coefficient (Wildman–Crippen LogP) is 4.35. The molecule has 6 heteroatoms. The van der Waals surface area contributed by atoms with Gasteiger partial charge in [-0.05, 0) is 36.4 Å². The highest BCUT2D eigenvalue weighted by atomic mass is 16.5. The number of rotatable bonds is 11. The van der Waals surface area contributed by atoms with E-state index in [0.29, 0.717) is 13.2 Å². The third kappa shape index (κ3) is 5.26. The van der Waals surface area contributed by atoms with Crippen LogP contribution >= 0.6 is 0 Å². The summed E-state index contributed by atoms with van der Waals surface area (Å²) in [5, 5.41) is 5.19. The molecule has 0 spiro atoms. The van der Waals surface area contributed by atoms with Crippen molar-refractivity contribution in [1.29, 1.82) is 0 Å². The van der Waals surface area contributed by atoms with E-state index in [9.17, 15) is 4.79 Å². The fourth-order valence-corrected chi connectivity index (χ4v) is 3.95. The number of hydrogen-bond donors (Lipinski definition) is 1. The molecule has 6 nitrogen and oxygen atoms in total. The lowest BCUT2D eigenvalue weighted by Gasteiger charge is -2.12. The summed E-state index contributed by atoms with van der Waals surface area (Å²) in [5.41, 5.74) is 2.14. The largest absolute Gasteiger partial charge is 0.493 e. The third-order valence-corrected chi connectivity index (χ3v) is 5.44. The molecule has 0 radical (unpaired) electrons. The van der Waals surface area contributed by atoms with E-state index in [1.54, 1.807) is 0 Å². The molecule has 0 fully saturated rings. The summed E-state index contributed by atoms with van der Waals surface area (Å²) in [4.78, 5) is 16.4. The molecule has 0 aliphatic carbocycles. The van der Waals surface area contributed by atoms with Gasteiger partial charge in [0, 0.05) is 32.0 Å². The van der Waals surface area contributed by atoms with Gasteiger partial charge in [-0.25, -0.2) is 4.98 Å². The van der Waals surface area contributed by atoms with Crippen molar-refractivity contribution in [3.63, 3.8) is 0 Å². The smallest absolute Gasteiger partial charge is 0.245 e. The maximum absolute atomic E-state index is 11.6. The van der Waals surface area contributed by atoms with Crippen molar-refractivity contribution in [1.82, 2.24) is 14.9 Å². The number of nitrogens with one attached hydrogen (secondary N) is 1. The number of ether oxygens (including phenoxy) is 2. The molecular formula is C26H29N3O3. The second-order valence-electron chi connectivity index (χ2n) is 7.73. The van der Waals surface area contributed by atoms with E-state index in [4.69, 9.17) is 14.5 Å². The second-order valence-corrected chi connectivity index (χ2v) is 7.73. The number of benzene rings is 3. The number of para-hydroxylation sites is 2. The summed E-state index contributed by atoms with van der Waals surface area (Å²) < 4.78 is 13.2. The molecule has 0 unspecified atom stereocenters. The van der Waals surface area contributed by atoms with Crippen LogP contribution < -0.4 is 10.1 Å². The standard InChI is InChI=1S/C26H29N3O3/c1-31-19-26(30)27-16-7-15-25-28-22-12-4-5-13-23(22)29(25)17-8-18-32-24-14-6-10-20-9-2-3-11-21(20)24/h2-6,9-14H,7-8,15-19H2,1H3,(H,27,30). The number of amides is 1. The van der Waals surface area contributed by atoms with Crippen molar-refractivity contribution in [2.45, 2.75) is 25.8 Å². The predicted molar refractivity (Wildman–Crippen MR) is 127 cm³/mol. The van der Waals surface area contributed by atoms with E-state index in [1.807, 2.05) is 42.5 Å². The van der Waals surface area contributed by atoms with Crippen LogP contribution in [0.5, 0.6) is 5.75 Å². The van der Waals surface area contributed by atoms with Crippen LogP contribution in [0.1, 0.15) is 18.7 Å². The summed E-state index contributed by atoms with van der Waals surface area (Å²) in [6.45, 7) is 2.16. The van der Waals surface area contributed by atoms with Crippen LogP contribution in [-0.2, 0) is 22.5 Å². The first-order chi connectivity index (χ1) is 15.8. The van der Waals surface area contributed by atoms with E-state index in [2.05, 4.69) is 34.1 Å². The van der Waals surface area contributed by atoms with Gasteiger partial charge in [-0.3, -0.25) is 4.79 Å². The van der Waals surface area contributed by atoms with Gasteiger partial charge in [0.25, 0.3) is 0 Å². The molecule has 0 aliphatic heterocycles. The Morgan fingerprint density at radius 3 is 2.72 bits per heavy atom. The summed E-state index contributed by atoms with van der Waals surface area (Å²) in [5.74, 6) is 1.87. The van der Waals surface area contributed by atoms with Gasteiger partial charge < -0.3 is 19.4 Å². The van der Waals surface area contributed by atoms with E-state index in [0.717, 1.165) is 53.8 Å². The van der Waals surface area contributed by atoms with Crippen molar-refractivity contribution in [3.05, 3.63) is 72.6 Å². The minimum Gasteiger partial charge on any atom is -0.493 e. The molecule has 0 aliphatic rings. The number of hydrogen-bond acceptors (Lipinski definition) is 4. The highest BCUT2D eigenvalue weighted by Gasteiger charge is 2.11. The number of aromatic nitrogens is 2. The first kappa shape index (κ1) is 21.8. The van der Waals surface area contributed by atoms with Crippen LogP contribution in [0.3, 0.4) is 0 Å². The molecule has 0 bridgehead atoms.